The van der Waals surface area contributed by atoms with E-state index in [1.165, 1.54) is 0 Å². The normalized spacial score (nSPS) is 16.8. The predicted octanol–water partition coefficient (Wildman–Crippen LogP) is 2.93. The van der Waals surface area contributed by atoms with Crippen molar-refractivity contribution in [2.75, 3.05) is 31.7 Å². The van der Waals surface area contributed by atoms with E-state index in [1.807, 2.05) is 13.0 Å². The number of fused-ring (bicyclic) bond motifs is 1. The Balaban J connectivity index is 2.12. The van der Waals surface area contributed by atoms with Gasteiger partial charge in [-0.3, -0.25) is 0 Å². The lowest BCUT2D eigenvalue weighted by Crippen LogP contribution is -2.29. The van der Waals surface area contributed by atoms with Crippen molar-refractivity contribution in [3.8, 4) is 11.5 Å². The highest BCUT2D eigenvalue weighted by atomic mass is 35.5. The average molecular weight is 286 g/mol. The first-order valence-corrected chi connectivity index (χ1v) is 6.89. The van der Waals surface area contributed by atoms with Crippen LogP contribution < -0.4 is 14.8 Å². The van der Waals surface area contributed by atoms with Crippen LogP contribution in [-0.4, -0.2) is 31.5 Å². The molecular formula is C14H20ClNO3. The first kappa shape index (κ1) is 14.3. The van der Waals surface area contributed by atoms with Crippen LogP contribution in [0, 0.1) is 5.41 Å². The molecule has 1 aromatic carbocycles. The van der Waals surface area contributed by atoms with Crippen LogP contribution in [0.2, 0.25) is 5.02 Å². The van der Waals surface area contributed by atoms with E-state index >= 15 is 0 Å². The van der Waals surface area contributed by atoms with E-state index < -0.39 is 0 Å². The number of aliphatic hydroxyl groups excluding tert-OH is 1. The summed E-state index contributed by atoms with van der Waals surface area (Å²) in [7, 11) is 0. The van der Waals surface area contributed by atoms with E-state index in [9.17, 15) is 5.11 Å². The van der Waals surface area contributed by atoms with Crippen molar-refractivity contribution >= 4 is 17.3 Å². The van der Waals surface area contributed by atoms with Gasteiger partial charge in [0, 0.05) is 24.1 Å². The molecule has 0 aliphatic carbocycles. The van der Waals surface area contributed by atoms with Crippen molar-refractivity contribution in [3.63, 3.8) is 0 Å². The van der Waals surface area contributed by atoms with Crippen molar-refractivity contribution in [3.05, 3.63) is 17.2 Å². The van der Waals surface area contributed by atoms with Crippen molar-refractivity contribution < 1.29 is 14.6 Å². The molecular weight excluding hydrogens is 266 g/mol. The smallest absolute Gasteiger partial charge is 0.163 e. The topological polar surface area (TPSA) is 50.7 Å². The van der Waals surface area contributed by atoms with Crippen LogP contribution in [0.15, 0.2) is 12.1 Å². The number of ether oxygens (including phenoxy) is 2. The molecule has 1 unspecified atom stereocenters. The molecule has 2 rings (SSSR count). The number of hydrogen-bond donors (Lipinski definition) is 2. The van der Waals surface area contributed by atoms with Crippen molar-refractivity contribution in [2.45, 2.75) is 20.3 Å². The number of anilines is 1. The molecule has 0 spiro atoms. The maximum atomic E-state index is 9.41. The van der Waals surface area contributed by atoms with Gasteiger partial charge in [0.15, 0.2) is 11.5 Å². The monoisotopic (exact) mass is 285 g/mol. The molecule has 2 N–H and O–H groups in total. The van der Waals surface area contributed by atoms with Crippen LogP contribution in [0.1, 0.15) is 20.3 Å². The quantitative estimate of drug-likeness (QED) is 0.873. The number of nitrogens with one attached hydrogen (secondary N) is 1. The number of hydrogen-bond acceptors (Lipinski definition) is 4. The third kappa shape index (κ3) is 3.25. The van der Waals surface area contributed by atoms with Crippen LogP contribution in [0.3, 0.4) is 0 Å². The zero-order valence-corrected chi connectivity index (χ0v) is 12.1. The van der Waals surface area contributed by atoms with Gasteiger partial charge in [-0.05, 0) is 6.42 Å². The summed E-state index contributed by atoms with van der Waals surface area (Å²) in [6.07, 6.45) is 0.888. The van der Waals surface area contributed by atoms with Crippen LogP contribution in [0.5, 0.6) is 11.5 Å². The minimum Gasteiger partial charge on any atom is -0.486 e. The Morgan fingerprint density at radius 3 is 2.53 bits per heavy atom. The van der Waals surface area contributed by atoms with Crippen LogP contribution in [0.4, 0.5) is 5.69 Å². The summed E-state index contributed by atoms with van der Waals surface area (Å²) in [6, 6.07) is 3.62. The highest BCUT2D eigenvalue weighted by Crippen LogP contribution is 2.38. The van der Waals surface area contributed by atoms with E-state index in [0.29, 0.717) is 36.3 Å². The lowest BCUT2D eigenvalue weighted by Gasteiger charge is -2.27. The number of rotatable bonds is 5. The summed E-state index contributed by atoms with van der Waals surface area (Å²) in [4.78, 5) is 0. The fraction of sp³-hybridized carbons (Fsp3) is 0.571. The lowest BCUT2D eigenvalue weighted by atomic mass is 9.88. The Morgan fingerprint density at radius 2 is 1.95 bits per heavy atom. The van der Waals surface area contributed by atoms with Gasteiger partial charge in [-0.25, -0.2) is 0 Å². The Labute approximate surface area is 118 Å². The summed E-state index contributed by atoms with van der Waals surface area (Å²) in [5.74, 6) is 1.39. The molecule has 0 fully saturated rings. The van der Waals surface area contributed by atoms with Gasteiger partial charge < -0.3 is 19.9 Å². The van der Waals surface area contributed by atoms with Gasteiger partial charge in [0.25, 0.3) is 0 Å². The van der Waals surface area contributed by atoms with Crippen LogP contribution in [-0.2, 0) is 0 Å². The molecule has 5 heteroatoms. The summed E-state index contributed by atoms with van der Waals surface area (Å²) in [5, 5.41) is 13.3. The van der Waals surface area contributed by atoms with Gasteiger partial charge in [-0.1, -0.05) is 25.4 Å². The molecule has 19 heavy (non-hydrogen) atoms. The highest BCUT2D eigenvalue weighted by molar-refractivity contribution is 6.33. The second-order valence-corrected chi connectivity index (χ2v) is 5.56. The largest absolute Gasteiger partial charge is 0.486 e. The van der Waals surface area contributed by atoms with E-state index in [4.69, 9.17) is 21.1 Å². The Kier molecular flexibility index (Phi) is 4.42. The average Bonchev–Trinajstić information content (AvgIpc) is 2.44. The van der Waals surface area contributed by atoms with E-state index in [-0.39, 0.29) is 12.0 Å². The fourth-order valence-corrected chi connectivity index (χ4v) is 2.02. The third-order valence-electron chi connectivity index (χ3n) is 3.57. The molecule has 1 aliphatic rings. The zero-order valence-electron chi connectivity index (χ0n) is 11.3. The van der Waals surface area contributed by atoms with Gasteiger partial charge in [0.05, 0.1) is 17.3 Å². The molecule has 0 saturated heterocycles. The number of benzene rings is 1. The molecule has 1 aromatic rings. The van der Waals surface area contributed by atoms with Crippen molar-refractivity contribution in [1.82, 2.24) is 0 Å². The minimum absolute atomic E-state index is 0.138. The Morgan fingerprint density at radius 1 is 1.32 bits per heavy atom. The van der Waals surface area contributed by atoms with Gasteiger partial charge in [-0.2, -0.15) is 0 Å². The maximum Gasteiger partial charge on any atom is 0.163 e. The summed E-state index contributed by atoms with van der Waals surface area (Å²) in [6.45, 7) is 5.99. The lowest BCUT2D eigenvalue weighted by molar-refractivity contribution is 0.149. The molecule has 0 amide bonds. The fourth-order valence-electron chi connectivity index (χ4n) is 1.80. The molecule has 0 saturated carbocycles. The molecule has 1 aliphatic heterocycles. The first-order valence-electron chi connectivity index (χ1n) is 6.52. The van der Waals surface area contributed by atoms with Gasteiger partial charge >= 0.3 is 0 Å². The number of aliphatic hydroxyl groups is 1. The second kappa shape index (κ2) is 5.88. The summed E-state index contributed by atoms with van der Waals surface area (Å²) < 4.78 is 11.0. The molecule has 4 nitrogen and oxygen atoms in total. The molecule has 0 aromatic heterocycles. The standard InChI is InChI=1S/C14H20ClNO3/c1-3-14(2,9-17)8-16-11-7-13-12(6-10(11)15)18-4-5-19-13/h6-7,16-17H,3-5,8-9H2,1-2H3. The molecule has 0 bridgehead atoms. The van der Waals surface area contributed by atoms with E-state index in [0.717, 1.165) is 12.1 Å². The Hall–Kier alpha value is -1.13. The molecule has 106 valence electrons. The van der Waals surface area contributed by atoms with E-state index in [2.05, 4.69) is 12.2 Å². The van der Waals surface area contributed by atoms with Crippen LogP contribution >= 0.6 is 11.6 Å². The minimum atomic E-state index is -0.156. The maximum absolute atomic E-state index is 9.41. The van der Waals surface area contributed by atoms with Crippen LogP contribution in [0.25, 0.3) is 0 Å². The van der Waals surface area contributed by atoms with Crippen molar-refractivity contribution in [1.29, 1.82) is 0 Å². The molecule has 1 heterocycles. The highest BCUT2D eigenvalue weighted by Gasteiger charge is 2.22. The summed E-state index contributed by atoms with van der Waals surface area (Å²) in [5.41, 5.74) is 0.649. The molecule has 1 atom stereocenters. The van der Waals surface area contributed by atoms with Crippen molar-refractivity contribution in [2.24, 2.45) is 5.41 Å². The first-order chi connectivity index (χ1) is 9.08. The second-order valence-electron chi connectivity index (χ2n) is 5.15. The Bertz CT molecular complexity index is 447. The molecule has 0 radical (unpaired) electrons. The van der Waals surface area contributed by atoms with E-state index in [1.54, 1.807) is 6.07 Å². The number of halogens is 1. The SMILES string of the molecule is CCC(C)(CO)CNc1cc2c(cc1Cl)OCCO2. The third-order valence-corrected chi connectivity index (χ3v) is 3.89. The summed E-state index contributed by atoms with van der Waals surface area (Å²) >= 11 is 6.22. The van der Waals surface area contributed by atoms with Gasteiger partial charge in [-0.15, -0.1) is 0 Å². The van der Waals surface area contributed by atoms with Gasteiger partial charge in [0.1, 0.15) is 13.2 Å². The van der Waals surface area contributed by atoms with Gasteiger partial charge in [0.2, 0.25) is 0 Å². The predicted molar refractivity (Wildman–Crippen MR) is 76.4 cm³/mol. The zero-order chi connectivity index (χ0) is 13.9.